The van der Waals surface area contributed by atoms with Crippen molar-refractivity contribution in [3.8, 4) is 11.8 Å². The third-order valence-corrected chi connectivity index (χ3v) is 3.50. The summed E-state index contributed by atoms with van der Waals surface area (Å²) in [5.74, 6) is 5.43. The largest absolute Gasteiger partial charge is 0.384 e. The molecule has 5 heteroatoms. The van der Waals surface area contributed by atoms with Crippen LogP contribution in [0, 0.1) is 17.8 Å². The predicted octanol–water partition coefficient (Wildman–Crippen LogP) is 2.64. The molecule has 0 atom stereocenters. The lowest BCUT2D eigenvalue weighted by atomic mass is 9.97. The Bertz CT molecular complexity index is 454. The fourth-order valence-corrected chi connectivity index (χ4v) is 2.52. The molecule has 0 saturated heterocycles. The van der Waals surface area contributed by atoms with Gasteiger partial charge in [0.25, 0.3) is 0 Å². The summed E-state index contributed by atoms with van der Waals surface area (Å²) in [4.78, 5) is 17.0. The van der Waals surface area contributed by atoms with Crippen LogP contribution >= 0.6 is 11.3 Å². The van der Waals surface area contributed by atoms with Gasteiger partial charge in [0.1, 0.15) is 6.61 Å². The van der Waals surface area contributed by atoms with Gasteiger partial charge < -0.3 is 10.4 Å². The Kier molecular flexibility index (Phi) is 7.16. The van der Waals surface area contributed by atoms with Crippen molar-refractivity contribution in [3.05, 3.63) is 11.1 Å². The molecule has 0 aliphatic rings. The third-order valence-electron chi connectivity index (χ3n) is 2.67. The van der Waals surface area contributed by atoms with Crippen LogP contribution in [0.15, 0.2) is 6.20 Å². The van der Waals surface area contributed by atoms with Gasteiger partial charge >= 0.3 is 0 Å². The monoisotopic (exact) mass is 280 g/mol. The van der Waals surface area contributed by atoms with Crippen molar-refractivity contribution < 1.29 is 9.90 Å². The van der Waals surface area contributed by atoms with E-state index >= 15 is 0 Å². The van der Waals surface area contributed by atoms with Crippen LogP contribution in [-0.4, -0.2) is 22.6 Å². The second kappa shape index (κ2) is 8.68. The van der Waals surface area contributed by atoms with Gasteiger partial charge in [-0.25, -0.2) is 4.98 Å². The number of thiazole rings is 1. The summed E-state index contributed by atoms with van der Waals surface area (Å²) in [6.07, 6.45) is 5.42. The average molecular weight is 280 g/mol. The van der Waals surface area contributed by atoms with Crippen LogP contribution in [0.25, 0.3) is 0 Å². The maximum absolute atomic E-state index is 12.1. The van der Waals surface area contributed by atoms with Gasteiger partial charge in [-0.2, -0.15) is 0 Å². The smallest absolute Gasteiger partial charge is 0.229 e. The lowest BCUT2D eigenvalue weighted by Crippen LogP contribution is -2.22. The highest BCUT2D eigenvalue weighted by atomic mass is 32.1. The van der Waals surface area contributed by atoms with E-state index in [2.05, 4.69) is 36.0 Å². The molecular formula is C14H20N2O2S. The Hall–Kier alpha value is -1.38. The first-order valence-electron chi connectivity index (χ1n) is 6.57. The van der Waals surface area contributed by atoms with Gasteiger partial charge in [0.05, 0.1) is 11.1 Å². The summed E-state index contributed by atoms with van der Waals surface area (Å²) in [7, 11) is 0. The lowest BCUT2D eigenvalue weighted by molar-refractivity contribution is -0.120. The van der Waals surface area contributed by atoms with E-state index in [-0.39, 0.29) is 18.4 Å². The lowest BCUT2D eigenvalue weighted by Gasteiger charge is -2.13. The molecule has 1 heterocycles. The number of nitrogens with one attached hydrogen (secondary N) is 1. The van der Waals surface area contributed by atoms with Crippen LogP contribution in [0.2, 0.25) is 0 Å². The molecule has 19 heavy (non-hydrogen) atoms. The van der Waals surface area contributed by atoms with E-state index in [1.165, 1.54) is 11.3 Å². The van der Waals surface area contributed by atoms with Crippen LogP contribution in [0.3, 0.4) is 0 Å². The highest BCUT2D eigenvalue weighted by Crippen LogP contribution is 2.20. The molecule has 0 spiro atoms. The zero-order chi connectivity index (χ0) is 14.1. The fourth-order valence-electron chi connectivity index (χ4n) is 1.83. The van der Waals surface area contributed by atoms with Crippen molar-refractivity contribution in [2.75, 3.05) is 11.9 Å². The topological polar surface area (TPSA) is 62.2 Å². The van der Waals surface area contributed by atoms with Crippen molar-refractivity contribution in [3.63, 3.8) is 0 Å². The first-order chi connectivity index (χ1) is 9.21. The van der Waals surface area contributed by atoms with Gasteiger partial charge in [-0.05, 0) is 12.8 Å². The molecule has 0 unspecified atom stereocenters. The number of amides is 1. The Labute approximate surface area is 118 Å². The Morgan fingerprint density at radius 3 is 2.74 bits per heavy atom. The molecule has 104 valence electrons. The summed E-state index contributed by atoms with van der Waals surface area (Å²) in [6.45, 7) is 4.00. The molecule has 0 aliphatic carbocycles. The van der Waals surface area contributed by atoms with E-state index < -0.39 is 0 Å². The maximum Gasteiger partial charge on any atom is 0.229 e. The normalized spacial score (nSPS) is 10.1. The van der Waals surface area contributed by atoms with E-state index in [4.69, 9.17) is 5.11 Å². The molecule has 1 amide bonds. The van der Waals surface area contributed by atoms with Crippen LogP contribution in [0.5, 0.6) is 0 Å². The summed E-state index contributed by atoms with van der Waals surface area (Å²) in [5.41, 5.74) is 0. The van der Waals surface area contributed by atoms with Gasteiger partial charge in [0.2, 0.25) is 5.91 Å². The van der Waals surface area contributed by atoms with E-state index in [1.54, 1.807) is 6.20 Å². The first-order valence-corrected chi connectivity index (χ1v) is 7.39. The molecule has 1 aromatic heterocycles. The van der Waals surface area contributed by atoms with Gasteiger partial charge in [0.15, 0.2) is 5.13 Å². The molecule has 0 aliphatic heterocycles. The SMILES string of the molecule is CCCC(CCC)C(=O)Nc1ncc(C#CCO)s1. The number of hydrogen-bond acceptors (Lipinski definition) is 4. The Morgan fingerprint density at radius 2 is 2.16 bits per heavy atom. The molecular weight excluding hydrogens is 260 g/mol. The van der Waals surface area contributed by atoms with Gasteiger partial charge in [-0.3, -0.25) is 4.79 Å². The van der Waals surface area contributed by atoms with E-state index in [9.17, 15) is 4.79 Å². The highest BCUT2D eigenvalue weighted by Gasteiger charge is 2.17. The quantitative estimate of drug-likeness (QED) is 0.787. The van der Waals surface area contributed by atoms with Crippen LogP contribution in [0.4, 0.5) is 5.13 Å². The zero-order valence-corrected chi connectivity index (χ0v) is 12.2. The second-order valence-electron chi connectivity index (χ2n) is 4.25. The number of aliphatic hydroxyl groups excluding tert-OH is 1. The third kappa shape index (κ3) is 5.41. The zero-order valence-electron chi connectivity index (χ0n) is 11.4. The minimum absolute atomic E-state index is 0.0414. The van der Waals surface area contributed by atoms with E-state index in [0.717, 1.165) is 30.6 Å². The first kappa shape index (κ1) is 15.7. The molecule has 2 N–H and O–H groups in total. The Morgan fingerprint density at radius 1 is 1.47 bits per heavy atom. The summed E-state index contributed by atoms with van der Waals surface area (Å²) in [6, 6.07) is 0. The molecule has 4 nitrogen and oxygen atoms in total. The molecule has 0 bridgehead atoms. The molecule has 1 rings (SSSR count). The minimum atomic E-state index is -0.172. The molecule has 0 saturated carbocycles. The summed E-state index contributed by atoms with van der Waals surface area (Å²) in [5, 5.41) is 12.0. The van der Waals surface area contributed by atoms with Gasteiger partial charge in [-0.1, -0.05) is 49.9 Å². The standard InChI is InChI=1S/C14H20N2O2S/c1-3-6-11(7-4-2)13(18)16-14-15-10-12(19-14)8-5-9-17/h10-11,17H,3-4,6-7,9H2,1-2H3,(H,15,16,18). The number of rotatable bonds is 6. The predicted molar refractivity (Wildman–Crippen MR) is 78.0 cm³/mol. The highest BCUT2D eigenvalue weighted by molar-refractivity contribution is 7.16. The van der Waals surface area contributed by atoms with E-state index in [1.807, 2.05) is 0 Å². The van der Waals surface area contributed by atoms with Crippen LogP contribution < -0.4 is 5.32 Å². The van der Waals surface area contributed by atoms with Gasteiger partial charge in [-0.15, -0.1) is 0 Å². The number of carbonyl (C=O) groups excluding carboxylic acids is 1. The second-order valence-corrected chi connectivity index (χ2v) is 5.28. The summed E-state index contributed by atoms with van der Waals surface area (Å²) < 4.78 is 0. The molecule has 0 radical (unpaired) electrons. The van der Waals surface area contributed by atoms with Gasteiger partial charge in [0, 0.05) is 5.92 Å². The number of nitrogens with zero attached hydrogens (tertiary/aromatic N) is 1. The van der Waals surface area contributed by atoms with E-state index in [0.29, 0.717) is 5.13 Å². The maximum atomic E-state index is 12.1. The van der Waals surface area contributed by atoms with Crippen molar-refractivity contribution in [2.24, 2.45) is 5.92 Å². The summed E-state index contributed by atoms with van der Waals surface area (Å²) >= 11 is 1.33. The number of aromatic nitrogens is 1. The number of anilines is 1. The van der Waals surface area contributed by atoms with Crippen molar-refractivity contribution >= 4 is 22.4 Å². The number of hydrogen-bond donors (Lipinski definition) is 2. The minimum Gasteiger partial charge on any atom is -0.384 e. The van der Waals surface area contributed by atoms with Crippen LogP contribution in [-0.2, 0) is 4.79 Å². The van der Waals surface area contributed by atoms with Crippen molar-refractivity contribution in [1.82, 2.24) is 4.98 Å². The number of aliphatic hydroxyl groups is 1. The Balaban J connectivity index is 2.61. The van der Waals surface area contributed by atoms with Crippen molar-refractivity contribution in [2.45, 2.75) is 39.5 Å². The molecule has 0 aromatic carbocycles. The fraction of sp³-hybridized carbons (Fsp3) is 0.571. The van der Waals surface area contributed by atoms with Crippen molar-refractivity contribution in [1.29, 1.82) is 0 Å². The van der Waals surface area contributed by atoms with Crippen LogP contribution in [0.1, 0.15) is 44.4 Å². The number of carbonyl (C=O) groups is 1. The average Bonchev–Trinajstić information content (AvgIpc) is 2.83. The molecule has 1 aromatic rings. The molecule has 0 fully saturated rings.